The van der Waals surface area contributed by atoms with Gasteiger partial charge in [0.25, 0.3) is 6.29 Å². The predicted molar refractivity (Wildman–Crippen MR) is 172 cm³/mol. The van der Waals surface area contributed by atoms with Gasteiger partial charge in [0.1, 0.15) is 48.8 Å². The summed E-state index contributed by atoms with van der Waals surface area (Å²) in [6.45, 7) is -1.37. The second-order valence-corrected chi connectivity index (χ2v) is 13.3. The average molecular weight is 714 g/mol. The summed E-state index contributed by atoms with van der Waals surface area (Å²) in [6.07, 6.45) is -14.0. The first-order valence-corrected chi connectivity index (χ1v) is 16.9. The Morgan fingerprint density at radius 1 is 0.796 bits per heavy atom. The van der Waals surface area contributed by atoms with E-state index in [1.54, 1.807) is 12.1 Å². The Bertz CT molecular complexity index is 1480. The highest BCUT2D eigenvalue weighted by atomic mass is 32.2. The minimum Gasteiger partial charge on any atom is -0.394 e. The van der Waals surface area contributed by atoms with Gasteiger partial charge in [-0.3, -0.25) is 0 Å². The van der Waals surface area contributed by atoms with Crippen molar-refractivity contribution in [3.63, 3.8) is 0 Å². The number of unbranched alkanes of at least 4 members (excludes halogenated alkanes) is 1. The lowest BCUT2D eigenvalue weighted by Gasteiger charge is -2.45. The van der Waals surface area contributed by atoms with E-state index in [0.29, 0.717) is 17.8 Å². The standard InChI is InChI=1S/C30H43N5O13S/c1-35(2)19-9-5-17(6-10-19)33-34-18-7-11-20(12-8-18)49(43,44)32-14-4-3-13-31-48-30-27(42)25(40)28(22(16-37)46-30)47-29-26(41)24(39)23(38)21(15-36)45-29/h5-13,21-30,32,36-42H,3-4,14-16H2,1-2H3/b31-13+,34-33?/t21-,22-,23+,24+,25-,26-,27-,28-,29+,30+/m1/s1. The molecule has 19 heteroatoms. The second kappa shape index (κ2) is 17.7. The number of aliphatic hydroxyl groups excluding tert-OH is 7. The van der Waals surface area contributed by atoms with Crippen molar-refractivity contribution in [3.8, 4) is 0 Å². The molecule has 0 bridgehead atoms. The number of oxime groups is 1. The maximum absolute atomic E-state index is 12.7. The third kappa shape index (κ3) is 9.96. The number of anilines is 1. The van der Waals surface area contributed by atoms with Gasteiger partial charge < -0.3 is 59.7 Å². The third-order valence-corrected chi connectivity index (χ3v) is 9.27. The second-order valence-electron chi connectivity index (χ2n) is 11.5. The molecule has 0 radical (unpaired) electrons. The van der Waals surface area contributed by atoms with Gasteiger partial charge in [-0.05, 0) is 61.4 Å². The fourth-order valence-electron chi connectivity index (χ4n) is 4.91. The van der Waals surface area contributed by atoms with Crippen LogP contribution < -0.4 is 9.62 Å². The van der Waals surface area contributed by atoms with Gasteiger partial charge in [0, 0.05) is 32.5 Å². The van der Waals surface area contributed by atoms with E-state index in [2.05, 4.69) is 20.1 Å². The summed E-state index contributed by atoms with van der Waals surface area (Å²) in [6, 6.07) is 13.4. The van der Waals surface area contributed by atoms with Gasteiger partial charge in [-0.15, -0.1) is 0 Å². The first kappa shape index (κ1) is 38.6. The van der Waals surface area contributed by atoms with E-state index < -0.39 is 84.6 Å². The van der Waals surface area contributed by atoms with Gasteiger partial charge in [0.15, 0.2) is 6.29 Å². The van der Waals surface area contributed by atoms with Crippen LogP contribution in [-0.2, 0) is 29.1 Å². The molecule has 272 valence electrons. The van der Waals surface area contributed by atoms with Crippen molar-refractivity contribution in [2.45, 2.75) is 79.1 Å². The fraction of sp³-hybridized carbons (Fsp3) is 0.567. The van der Waals surface area contributed by atoms with E-state index in [1.807, 2.05) is 43.3 Å². The van der Waals surface area contributed by atoms with Crippen molar-refractivity contribution >= 4 is 33.3 Å². The maximum atomic E-state index is 12.7. The Kier molecular flexibility index (Phi) is 13.9. The summed E-state index contributed by atoms with van der Waals surface area (Å²) in [5.74, 6) is 0. The van der Waals surface area contributed by atoms with Crippen molar-refractivity contribution in [3.05, 3.63) is 48.5 Å². The zero-order valence-electron chi connectivity index (χ0n) is 26.8. The number of ether oxygens (including phenoxy) is 3. The van der Waals surface area contributed by atoms with Gasteiger partial charge in [0.05, 0.1) is 29.5 Å². The van der Waals surface area contributed by atoms with E-state index in [9.17, 15) is 44.2 Å². The molecule has 18 nitrogen and oxygen atoms in total. The SMILES string of the molecule is CN(C)c1ccc(N=Nc2ccc(S(=O)(=O)NCCC/C=N/O[C@@H]3O[C@H](CO)[C@@H](O[C@@H]4O[C@H](CO)[C@H](O)[C@H](O)[C@H]4O)[C@H](O)[C@H]3O)cc2)cc1. The Balaban J connectivity index is 1.20. The smallest absolute Gasteiger partial charge is 0.256 e. The normalized spacial score (nSPS) is 31.0. The van der Waals surface area contributed by atoms with Crippen LogP contribution in [-0.4, -0.2) is 146 Å². The first-order valence-electron chi connectivity index (χ1n) is 15.4. The molecular formula is C30H43N5O13S. The highest BCUT2D eigenvalue weighted by Crippen LogP contribution is 2.30. The number of aliphatic hydroxyl groups is 7. The van der Waals surface area contributed by atoms with Crippen molar-refractivity contribution < 1.29 is 63.2 Å². The molecule has 0 saturated carbocycles. The number of nitrogens with one attached hydrogen (secondary N) is 1. The number of rotatable bonds is 15. The van der Waals surface area contributed by atoms with Crippen LogP contribution in [0.15, 0.2) is 68.8 Å². The molecule has 49 heavy (non-hydrogen) atoms. The zero-order valence-corrected chi connectivity index (χ0v) is 27.6. The highest BCUT2D eigenvalue weighted by Gasteiger charge is 2.51. The molecule has 2 aromatic rings. The first-order chi connectivity index (χ1) is 23.4. The minimum atomic E-state index is -3.80. The molecular weight excluding hydrogens is 670 g/mol. The van der Waals surface area contributed by atoms with Crippen molar-refractivity contribution in [1.29, 1.82) is 0 Å². The molecule has 2 saturated heterocycles. The number of nitrogens with zero attached hydrogens (tertiary/aromatic N) is 4. The Morgan fingerprint density at radius 3 is 1.96 bits per heavy atom. The van der Waals surface area contributed by atoms with Gasteiger partial charge in [-0.2, -0.15) is 10.2 Å². The lowest BCUT2D eigenvalue weighted by molar-refractivity contribution is -0.359. The average Bonchev–Trinajstić information content (AvgIpc) is 3.10. The van der Waals surface area contributed by atoms with Gasteiger partial charge in [0.2, 0.25) is 10.0 Å². The number of hydrogen-bond donors (Lipinski definition) is 8. The summed E-state index contributed by atoms with van der Waals surface area (Å²) >= 11 is 0. The van der Waals surface area contributed by atoms with Crippen LogP contribution in [0.25, 0.3) is 0 Å². The van der Waals surface area contributed by atoms with Crippen LogP contribution in [0.4, 0.5) is 17.1 Å². The fourth-order valence-corrected chi connectivity index (χ4v) is 5.98. The van der Waals surface area contributed by atoms with Gasteiger partial charge in [-0.25, -0.2) is 13.1 Å². The molecule has 0 amide bonds. The number of azo groups is 1. The van der Waals surface area contributed by atoms with E-state index in [0.717, 1.165) is 5.69 Å². The molecule has 2 fully saturated rings. The molecule has 0 aromatic heterocycles. The zero-order chi connectivity index (χ0) is 35.7. The van der Waals surface area contributed by atoms with E-state index in [1.165, 1.54) is 18.3 Å². The van der Waals surface area contributed by atoms with Gasteiger partial charge in [-0.1, -0.05) is 5.16 Å². The minimum absolute atomic E-state index is 0.0491. The number of sulfonamides is 1. The van der Waals surface area contributed by atoms with Crippen LogP contribution in [0.2, 0.25) is 0 Å². The molecule has 2 aromatic carbocycles. The van der Waals surface area contributed by atoms with Crippen molar-refractivity contribution in [2.75, 3.05) is 38.8 Å². The van der Waals surface area contributed by atoms with Crippen LogP contribution in [0.1, 0.15) is 12.8 Å². The monoisotopic (exact) mass is 713 g/mol. The Labute approximate surface area is 282 Å². The summed E-state index contributed by atoms with van der Waals surface area (Å²) in [4.78, 5) is 7.15. The molecule has 0 spiro atoms. The summed E-state index contributed by atoms with van der Waals surface area (Å²) in [5, 5.41) is 82.5. The van der Waals surface area contributed by atoms with Crippen LogP contribution in [0.5, 0.6) is 0 Å². The van der Waals surface area contributed by atoms with Crippen LogP contribution >= 0.6 is 0 Å². The number of benzene rings is 2. The predicted octanol–water partition coefficient (Wildman–Crippen LogP) is -1.15. The third-order valence-electron chi connectivity index (χ3n) is 7.80. The summed E-state index contributed by atoms with van der Waals surface area (Å²) in [7, 11) is 0.0665. The van der Waals surface area contributed by atoms with E-state index in [4.69, 9.17) is 19.0 Å². The lowest BCUT2D eigenvalue weighted by Crippen LogP contribution is -2.64. The highest BCUT2D eigenvalue weighted by molar-refractivity contribution is 7.89. The van der Waals surface area contributed by atoms with Crippen molar-refractivity contribution in [2.24, 2.45) is 15.4 Å². The summed E-state index contributed by atoms with van der Waals surface area (Å²) in [5.41, 5.74) is 2.16. The molecule has 8 N–H and O–H groups in total. The van der Waals surface area contributed by atoms with Crippen LogP contribution in [0.3, 0.4) is 0 Å². The van der Waals surface area contributed by atoms with Crippen LogP contribution in [0, 0.1) is 0 Å². The molecule has 0 aliphatic carbocycles. The Morgan fingerprint density at radius 2 is 1.37 bits per heavy atom. The molecule has 4 rings (SSSR count). The largest absolute Gasteiger partial charge is 0.394 e. The molecule has 2 aliphatic heterocycles. The topological polar surface area (TPSA) is 265 Å². The van der Waals surface area contributed by atoms with Crippen molar-refractivity contribution in [1.82, 2.24) is 4.72 Å². The number of hydrogen-bond acceptors (Lipinski definition) is 17. The molecule has 0 unspecified atom stereocenters. The lowest BCUT2D eigenvalue weighted by atomic mass is 9.97. The molecule has 2 aliphatic rings. The Hall–Kier alpha value is -3.18. The maximum Gasteiger partial charge on any atom is 0.256 e. The molecule has 10 atom stereocenters. The van der Waals surface area contributed by atoms with E-state index in [-0.39, 0.29) is 17.9 Å². The molecule has 2 heterocycles. The quantitative estimate of drug-likeness (QED) is 0.0469. The summed E-state index contributed by atoms with van der Waals surface area (Å²) < 4.78 is 44.1. The van der Waals surface area contributed by atoms with E-state index >= 15 is 0 Å². The van der Waals surface area contributed by atoms with Gasteiger partial charge >= 0.3 is 0 Å².